The van der Waals surface area contributed by atoms with Gasteiger partial charge in [0, 0.05) is 11.8 Å². The number of benzene rings is 1. The number of anilines is 1. The monoisotopic (exact) mass is 191 g/mol. The first-order valence-electron chi connectivity index (χ1n) is 5.22. The fraction of sp³-hybridized carbons (Fsp3) is 0.500. The summed E-state index contributed by atoms with van der Waals surface area (Å²) < 4.78 is 5.72. The first-order valence-corrected chi connectivity index (χ1v) is 5.22. The van der Waals surface area contributed by atoms with Crippen molar-refractivity contribution in [1.29, 1.82) is 0 Å². The van der Waals surface area contributed by atoms with Gasteiger partial charge in [-0.05, 0) is 36.5 Å². The highest BCUT2D eigenvalue weighted by molar-refractivity contribution is 5.48. The molecule has 0 heterocycles. The van der Waals surface area contributed by atoms with Gasteiger partial charge in [-0.2, -0.15) is 0 Å². The van der Waals surface area contributed by atoms with Crippen LogP contribution in [-0.2, 0) is 0 Å². The van der Waals surface area contributed by atoms with E-state index in [4.69, 9.17) is 10.5 Å². The summed E-state index contributed by atoms with van der Waals surface area (Å²) in [7, 11) is 0. The summed E-state index contributed by atoms with van der Waals surface area (Å²) in [6.45, 7) is 4.32. The topological polar surface area (TPSA) is 35.2 Å². The van der Waals surface area contributed by atoms with Gasteiger partial charge in [0.25, 0.3) is 0 Å². The number of hydrogen-bond donors (Lipinski definition) is 1. The van der Waals surface area contributed by atoms with Crippen molar-refractivity contribution in [1.82, 2.24) is 0 Å². The Hall–Kier alpha value is -1.18. The van der Waals surface area contributed by atoms with Crippen LogP contribution in [0.3, 0.4) is 0 Å². The van der Waals surface area contributed by atoms with Gasteiger partial charge in [-0.1, -0.05) is 13.8 Å². The van der Waals surface area contributed by atoms with Gasteiger partial charge in [0.05, 0.1) is 6.10 Å². The predicted octanol–water partition coefficient (Wildman–Crippen LogP) is 2.93. The third-order valence-electron chi connectivity index (χ3n) is 2.44. The molecule has 0 bridgehead atoms. The highest BCUT2D eigenvalue weighted by Crippen LogP contribution is 2.30. The molecule has 2 heteroatoms. The zero-order valence-electron chi connectivity index (χ0n) is 8.79. The van der Waals surface area contributed by atoms with E-state index in [0.29, 0.717) is 12.0 Å². The molecule has 0 aromatic heterocycles. The lowest BCUT2D eigenvalue weighted by molar-refractivity contribution is 0.303. The molecule has 2 N–H and O–H groups in total. The molecule has 1 aliphatic carbocycles. The van der Waals surface area contributed by atoms with Crippen LogP contribution in [0.4, 0.5) is 5.69 Å². The first-order chi connectivity index (χ1) is 6.65. The number of hydrogen-bond acceptors (Lipinski definition) is 2. The van der Waals surface area contributed by atoms with Gasteiger partial charge < -0.3 is 10.5 Å². The van der Waals surface area contributed by atoms with E-state index in [1.807, 2.05) is 12.1 Å². The van der Waals surface area contributed by atoms with Crippen molar-refractivity contribution >= 4 is 5.69 Å². The Morgan fingerprint density at radius 3 is 2.57 bits per heavy atom. The first kappa shape index (κ1) is 9.38. The Morgan fingerprint density at radius 1 is 1.29 bits per heavy atom. The quantitative estimate of drug-likeness (QED) is 0.745. The van der Waals surface area contributed by atoms with Crippen LogP contribution in [0.5, 0.6) is 5.75 Å². The minimum absolute atomic E-state index is 0.441. The van der Waals surface area contributed by atoms with Crippen LogP contribution in [0.25, 0.3) is 0 Å². The van der Waals surface area contributed by atoms with Gasteiger partial charge in [0.2, 0.25) is 0 Å². The summed E-state index contributed by atoms with van der Waals surface area (Å²) in [5.74, 6) is 1.43. The largest absolute Gasteiger partial charge is 0.490 e. The zero-order valence-corrected chi connectivity index (χ0v) is 8.79. The van der Waals surface area contributed by atoms with Crippen LogP contribution in [0.1, 0.15) is 38.2 Å². The Kier molecular flexibility index (Phi) is 2.36. The van der Waals surface area contributed by atoms with Gasteiger partial charge in [0.15, 0.2) is 0 Å². The third kappa shape index (κ3) is 2.19. The van der Waals surface area contributed by atoms with E-state index in [2.05, 4.69) is 19.9 Å². The minimum Gasteiger partial charge on any atom is -0.490 e. The molecule has 0 aliphatic heterocycles. The second kappa shape index (κ2) is 3.52. The Balaban J connectivity index is 2.21. The van der Waals surface area contributed by atoms with E-state index < -0.39 is 0 Å². The number of nitrogen functional groups attached to an aromatic ring is 1. The standard InChI is InChI=1S/C12H17NO/c1-8(2)9-5-10(13)7-12(6-9)14-11-3-4-11/h5-8,11H,3-4,13H2,1-2H3. The molecular weight excluding hydrogens is 174 g/mol. The van der Waals surface area contributed by atoms with Crippen molar-refractivity contribution in [3.63, 3.8) is 0 Å². The molecule has 0 unspecified atom stereocenters. The summed E-state index contributed by atoms with van der Waals surface area (Å²) in [6.07, 6.45) is 2.81. The number of ether oxygens (including phenoxy) is 1. The third-order valence-corrected chi connectivity index (χ3v) is 2.44. The van der Waals surface area contributed by atoms with E-state index in [0.717, 1.165) is 11.4 Å². The molecule has 14 heavy (non-hydrogen) atoms. The average molecular weight is 191 g/mol. The predicted molar refractivity (Wildman–Crippen MR) is 58.6 cm³/mol. The lowest BCUT2D eigenvalue weighted by Gasteiger charge is -2.10. The maximum Gasteiger partial charge on any atom is 0.122 e. The fourth-order valence-electron chi connectivity index (χ4n) is 1.43. The van der Waals surface area contributed by atoms with Gasteiger partial charge in [-0.25, -0.2) is 0 Å². The molecule has 1 aliphatic rings. The molecule has 0 amide bonds. The second-order valence-electron chi connectivity index (χ2n) is 4.31. The van der Waals surface area contributed by atoms with Crippen molar-refractivity contribution < 1.29 is 4.74 Å². The molecule has 2 rings (SSSR count). The van der Waals surface area contributed by atoms with E-state index in [1.165, 1.54) is 18.4 Å². The van der Waals surface area contributed by atoms with Crippen molar-refractivity contribution in [2.24, 2.45) is 0 Å². The van der Waals surface area contributed by atoms with Gasteiger partial charge >= 0.3 is 0 Å². The molecule has 0 spiro atoms. The molecule has 76 valence electrons. The number of nitrogens with two attached hydrogens (primary N) is 1. The Bertz CT molecular complexity index is 329. The van der Waals surface area contributed by atoms with Crippen LogP contribution in [0, 0.1) is 0 Å². The minimum atomic E-state index is 0.441. The van der Waals surface area contributed by atoms with Crippen LogP contribution in [0.2, 0.25) is 0 Å². The van der Waals surface area contributed by atoms with Crippen molar-refractivity contribution in [3.05, 3.63) is 23.8 Å². The summed E-state index contributed by atoms with van der Waals surface area (Å²) in [6, 6.07) is 6.02. The molecular formula is C12H17NO. The highest BCUT2D eigenvalue weighted by atomic mass is 16.5. The molecule has 1 aromatic rings. The van der Waals surface area contributed by atoms with E-state index >= 15 is 0 Å². The lowest BCUT2D eigenvalue weighted by atomic mass is 10.0. The maximum absolute atomic E-state index is 5.81. The normalized spacial score (nSPS) is 15.9. The van der Waals surface area contributed by atoms with Crippen molar-refractivity contribution in [2.45, 2.75) is 38.7 Å². The smallest absolute Gasteiger partial charge is 0.122 e. The highest BCUT2D eigenvalue weighted by Gasteiger charge is 2.23. The molecule has 2 nitrogen and oxygen atoms in total. The maximum atomic E-state index is 5.81. The Morgan fingerprint density at radius 2 is 2.00 bits per heavy atom. The SMILES string of the molecule is CC(C)c1cc(N)cc(OC2CC2)c1. The van der Waals surface area contributed by atoms with E-state index in [1.54, 1.807) is 0 Å². The fourth-order valence-corrected chi connectivity index (χ4v) is 1.43. The summed E-state index contributed by atoms with van der Waals surface area (Å²) in [5.41, 5.74) is 7.86. The summed E-state index contributed by atoms with van der Waals surface area (Å²) in [4.78, 5) is 0. The zero-order chi connectivity index (χ0) is 10.1. The average Bonchev–Trinajstić information content (AvgIpc) is 2.87. The van der Waals surface area contributed by atoms with Crippen molar-refractivity contribution in [2.75, 3.05) is 5.73 Å². The van der Waals surface area contributed by atoms with Crippen LogP contribution >= 0.6 is 0 Å². The van der Waals surface area contributed by atoms with Crippen LogP contribution in [0.15, 0.2) is 18.2 Å². The number of rotatable bonds is 3. The van der Waals surface area contributed by atoms with Crippen LogP contribution < -0.4 is 10.5 Å². The van der Waals surface area contributed by atoms with Gasteiger partial charge in [0.1, 0.15) is 5.75 Å². The molecule has 1 fully saturated rings. The van der Waals surface area contributed by atoms with E-state index in [-0.39, 0.29) is 0 Å². The summed E-state index contributed by atoms with van der Waals surface area (Å²) in [5, 5.41) is 0. The molecule has 0 radical (unpaired) electrons. The van der Waals surface area contributed by atoms with Crippen LogP contribution in [-0.4, -0.2) is 6.10 Å². The van der Waals surface area contributed by atoms with E-state index in [9.17, 15) is 0 Å². The van der Waals surface area contributed by atoms with Crippen molar-refractivity contribution in [3.8, 4) is 5.75 Å². The molecule has 0 atom stereocenters. The van der Waals surface area contributed by atoms with Gasteiger partial charge in [-0.3, -0.25) is 0 Å². The molecule has 0 saturated heterocycles. The second-order valence-corrected chi connectivity index (χ2v) is 4.31. The lowest BCUT2D eigenvalue weighted by Crippen LogP contribution is -1.99. The Labute approximate surface area is 85.1 Å². The molecule has 1 saturated carbocycles. The molecule has 1 aromatic carbocycles. The summed E-state index contributed by atoms with van der Waals surface area (Å²) >= 11 is 0. The van der Waals surface area contributed by atoms with Gasteiger partial charge in [-0.15, -0.1) is 0 Å².